The van der Waals surface area contributed by atoms with Gasteiger partial charge in [-0.05, 0) is 77.3 Å². The summed E-state index contributed by atoms with van der Waals surface area (Å²) in [4.78, 5) is 11.1. The second-order valence-corrected chi connectivity index (χ2v) is 7.85. The van der Waals surface area contributed by atoms with Crippen LogP contribution in [0.25, 0.3) is 5.57 Å². The van der Waals surface area contributed by atoms with Crippen LogP contribution in [0.3, 0.4) is 0 Å². The minimum absolute atomic E-state index is 0.0640. The van der Waals surface area contributed by atoms with Gasteiger partial charge in [0.2, 0.25) is 0 Å². The normalized spacial score (nSPS) is 17.9. The van der Waals surface area contributed by atoms with E-state index in [1.54, 1.807) is 12.1 Å². The van der Waals surface area contributed by atoms with Gasteiger partial charge in [0.15, 0.2) is 0 Å². The van der Waals surface area contributed by atoms with Crippen LogP contribution in [0.1, 0.15) is 73.6 Å². The average molecular weight is 400 g/mol. The summed E-state index contributed by atoms with van der Waals surface area (Å²) in [6.07, 6.45) is 2.47. The van der Waals surface area contributed by atoms with Gasteiger partial charge in [-0.1, -0.05) is 67.6 Å². The number of carboxylic acid groups (broad SMARTS) is 1. The molecule has 2 nitrogen and oxygen atoms in total. The fraction of sp³-hybridized carbons (Fsp3) is 0.179. The Kier molecular flexibility index (Phi) is 3.30. The van der Waals surface area contributed by atoms with E-state index in [0.717, 1.165) is 5.56 Å². The molecule has 0 radical (unpaired) electrons. The summed E-state index contributed by atoms with van der Waals surface area (Å²) in [6, 6.07) is 9.94. The molecule has 1 aliphatic rings. The maximum absolute atomic E-state index is 11.1. The molecule has 0 spiro atoms. The predicted octanol–water partition coefficient (Wildman–Crippen LogP) is 6.21. The highest BCUT2D eigenvalue weighted by molar-refractivity contribution is 5.87. The Morgan fingerprint density at radius 3 is 2.37 bits per heavy atom. The topological polar surface area (TPSA) is 37.3 Å². The van der Waals surface area contributed by atoms with E-state index in [2.05, 4.69) is 25.7 Å². The first-order valence-electron chi connectivity index (χ1n) is 13.0. The molecule has 0 saturated heterocycles. The Morgan fingerprint density at radius 1 is 1.03 bits per heavy atom. The van der Waals surface area contributed by atoms with Crippen molar-refractivity contribution in [1.29, 1.82) is 0 Å². The molecule has 0 heterocycles. The van der Waals surface area contributed by atoms with Crippen LogP contribution in [-0.2, 0) is 5.41 Å². The third kappa shape index (κ3) is 3.93. The Hall–Kier alpha value is -3.57. The fourth-order valence-electron chi connectivity index (χ4n) is 3.54. The largest absolute Gasteiger partial charge is 0.478 e. The summed E-state index contributed by atoms with van der Waals surface area (Å²) in [5.41, 5.74) is 2.86. The van der Waals surface area contributed by atoms with E-state index in [4.69, 9.17) is 14.7 Å². The summed E-state index contributed by atoms with van der Waals surface area (Å²) < 4.78 is 56.8. The van der Waals surface area contributed by atoms with Crippen molar-refractivity contribution in [3.63, 3.8) is 0 Å². The van der Waals surface area contributed by atoms with Crippen molar-refractivity contribution in [1.82, 2.24) is 0 Å². The van der Waals surface area contributed by atoms with E-state index < -0.39 is 30.5 Å². The molecule has 148 valence electrons. The molecule has 0 aromatic heterocycles. The molecule has 1 N–H and O–H groups in total. The SMILES string of the molecule is [2H]c1c([2H])c(C([2H])([2H])[2H])c([2H])c([2H])c1C1=CCC(C)(C)c2ccc(C#Cc3ccc(C(=O)O)cc3)cc21. The molecule has 3 aromatic carbocycles. The molecule has 0 atom stereocenters. The van der Waals surface area contributed by atoms with Crippen molar-refractivity contribution < 1.29 is 19.5 Å². The van der Waals surface area contributed by atoms with Gasteiger partial charge in [-0.25, -0.2) is 4.79 Å². The zero-order valence-corrected chi connectivity index (χ0v) is 16.7. The van der Waals surface area contributed by atoms with Crippen LogP contribution in [0, 0.1) is 18.7 Å². The molecule has 3 aromatic rings. The first-order valence-corrected chi connectivity index (χ1v) is 9.54. The summed E-state index contributed by atoms with van der Waals surface area (Å²) in [5, 5.41) is 9.07. The zero-order chi connectivity index (χ0) is 27.3. The molecular formula is C28H24O2. The van der Waals surface area contributed by atoms with Crippen LogP contribution < -0.4 is 0 Å². The highest BCUT2D eigenvalue weighted by Crippen LogP contribution is 2.41. The Morgan fingerprint density at radius 2 is 1.70 bits per heavy atom. The number of fused-ring (bicyclic) bond motifs is 1. The second-order valence-electron chi connectivity index (χ2n) is 7.85. The zero-order valence-electron chi connectivity index (χ0n) is 23.7. The van der Waals surface area contributed by atoms with Crippen LogP contribution in [-0.4, -0.2) is 11.1 Å². The first kappa shape index (κ1) is 12.9. The van der Waals surface area contributed by atoms with Crippen LogP contribution in [0.5, 0.6) is 0 Å². The van der Waals surface area contributed by atoms with Gasteiger partial charge in [0.1, 0.15) is 0 Å². The number of carbonyl (C=O) groups is 1. The number of aromatic carboxylic acids is 1. The van der Waals surface area contributed by atoms with E-state index in [-0.39, 0.29) is 28.6 Å². The fourth-order valence-corrected chi connectivity index (χ4v) is 3.54. The van der Waals surface area contributed by atoms with E-state index in [9.17, 15) is 4.79 Å². The van der Waals surface area contributed by atoms with Gasteiger partial charge in [-0.2, -0.15) is 0 Å². The van der Waals surface area contributed by atoms with Gasteiger partial charge in [-0.3, -0.25) is 0 Å². The summed E-state index contributed by atoms with van der Waals surface area (Å²) in [6.45, 7) is 1.37. The molecule has 4 rings (SSSR count). The molecule has 0 bridgehead atoms. The highest BCUT2D eigenvalue weighted by atomic mass is 16.4. The van der Waals surface area contributed by atoms with Crippen molar-refractivity contribution in [3.05, 3.63) is 112 Å². The molecule has 2 heteroatoms. The van der Waals surface area contributed by atoms with Crippen LogP contribution in [0.15, 0.2) is 72.7 Å². The molecule has 1 aliphatic carbocycles. The van der Waals surface area contributed by atoms with E-state index in [1.807, 2.05) is 24.3 Å². The lowest BCUT2D eigenvalue weighted by Gasteiger charge is -2.32. The molecule has 0 saturated carbocycles. The van der Waals surface area contributed by atoms with E-state index >= 15 is 0 Å². The average Bonchev–Trinajstić information content (AvgIpc) is 2.82. The third-order valence-electron chi connectivity index (χ3n) is 5.23. The Labute approximate surface area is 187 Å². The summed E-state index contributed by atoms with van der Waals surface area (Å²) in [7, 11) is 0. The number of carboxylic acids is 1. The number of hydrogen-bond donors (Lipinski definition) is 1. The third-order valence-corrected chi connectivity index (χ3v) is 5.23. The van der Waals surface area contributed by atoms with Crippen molar-refractivity contribution in [2.75, 3.05) is 0 Å². The van der Waals surface area contributed by atoms with Gasteiger partial charge < -0.3 is 5.11 Å². The van der Waals surface area contributed by atoms with Gasteiger partial charge in [0.05, 0.1) is 11.0 Å². The highest BCUT2D eigenvalue weighted by Gasteiger charge is 2.28. The first-order chi connectivity index (χ1) is 17.2. The number of rotatable bonds is 2. The van der Waals surface area contributed by atoms with Gasteiger partial charge in [0, 0.05) is 15.2 Å². The van der Waals surface area contributed by atoms with Crippen molar-refractivity contribution in [2.45, 2.75) is 32.5 Å². The molecule has 0 aliphatic heterocycles. The second kappa shape index (κ2) is 7.69. The van der Waals surface area contributed by atoms with Gasteiger partial charge >= 0.3 is 5.97 Å². The lowest BCUT2D eigenvalue weighted by molar-refractivity contribution is 0.0697. The Bertz CT molecular complexity index is 1490. The monoisotopic (exact) mass is 399 g/mol. The van der Waals surface area contributed by atoms with Crippen LogP contribution >= 0.6 is 0 Å². The molecule has 0 unspecified atom stereocenters. The summed E-state index contributed by atoms with van der Waals surface area (Å²) in [5.74, 6) is 5.07. The van der Waals surface area contributed by atoms with Crippen molar-refractivity contribution in [3.8, 4) is 11.8 Å². The number of hydrogen-bond acceptors (Lipinski definition) is 1. The lowest BCUT2D eigenvalue weighted by Crippen LogP contribution is -2.22. The smallest absolute Gasteiger partial charge is 0.335 e. The van der Waals surface area contributed by atoms with Crippen molar-refractivity contribution >= 4 is 11.5 Å². The lowest BCUT2D eigenvalue weighted by atomic mass is 9.72. The number of allylic oxidation sites excluding steroid dienone is 1. The van der Waals surface area contributed by atoms with Gasteiger partial charge in [0.25, 0.3) is 0 Å². The quantitative estimate of drug-likeness (QED) is 0.521. The van der Waals surface area contributed by atoms with Crippen LogP contribution in [0.4, 0.5) is 0 Å². The van der Waals surface area contributed by atoms with E-state index in [0.29, 0.717) is 28.7 Å². The molecule has 0 fully saturated rings. The van der Waals surface area contributed by atoms with E-state index in [1.165, 1.54) is 12.1 Å². The maximum Gasteiger partial charge on any atom is 0.335 e. The molecule has 30 heavy (non-hydrogen) atoms. The standard InChI is InChI=1S/C28H24O2/c1-19-4-11-22(12-5-19)24-16-17-28(2,3)26-15-10-21(18-25(24)26)7-6-20-8-13-23(14-9-20)27(29)30/h4-5,8-16,18H,17H2,1-3H3,(H,29,30)/i1D3,4D,5D,11D,12D. The minimum atomic E-state index is -2.77. The van der Waals surface area contributed by atoms with Gasteiger partial charge in [-0.15, -0.1) is 0 Å². The molecule has 0 amide bonds. The van der Waals surface area contributed by atoms with Crippen molar-refractivity contribution in [2.24, 2.45) is 0 Å². The molecular weight excluding hydrogens is 368 g/mol. The summed E-state index contributed by atoms with van der Waals surface area (Å²) >= 11 is 0. The number of benzene rings is 3. The predicted molar refractivity (Wildman–Crippen MR) is 122 cm³/mol. The Balaban J connectivity index is 1.85. The maximum atomic E-state index is 11.1. The van der Waals surface area contributed by atoms with Crippen LogP contribution in [0.2, 0.25) is 0 Å². The minimum Gasteiger partial charge on any atom is -0.478 e.